The topological polar surface area (TPSA) is 82.8 Å². The van der Waals surface area contributed by atoms with Gasteiger partial charge in [-0.05, 0) is 39.0 Å². The number of piperazine rings is 1. The number of carbonyl (C=O) groups is 2. The lowest BCUT2D eigenvalue weighted by Gasteiger charge is -2.39. The van der Waals surface area contributed by atoms with Gasteiger partial charge in [-0.2, -0.15) is 4.98 Å². The molecular formula is C21H35N5O3. The predicted molar refractivity (Wildman–Crippen MR) is 109 cm³/mol. The lowest BCUT2D eigenvalue weighted by molar-refractivity contribution is -0.139. The average Bonchev–Trinajstić information content (AvgIpc) is 3.21. The van der Waals surface area contributed by atoms with Gasteiger partial charge >= 0.3 is 0 Å². The predicted octanol–water partition coefficient (Wildman–Crippen LogP) is 1.89. The quantitative estimate of drug-likeness (QED) is 0.657. The summed E-state index contributed by atoms with van der Waals surface area (Å²) in [6.45, 7) is 8.77. The summed E-state index contributed by atoms with van der Waals surface area (Å²) < 4.78 is 5.23. The summed E-state index contributed by atoms with van der Waals surface area (Å²) in [5, 5.41) is 3.95. The van der Waals surface area contributed by atoms with Gasteiger partial charge in [0, 0.05) is 58.5 Å². The molecule has 1 unspecified atom stereocenters. The number of rotatable bonds is 8. The minimum Gasteiger partial charge on any atom is -0.341 e. The fraction of sp³-hybridized carbons (Fsp3) is 0.810. The van der Waals surface area contributed by atoms with Crippen LogP contribution in [0.5, 0.6) is 0 Å². The van der Waals surface area contributed by atoms with E-state index in [1.165, 1.54) is 6.42 Å². The molecule has 8 heteroatoms. The van der Waals surface area contributed by atoms with Crippen molar-refractivity contribution >= 4 is 11.8 Å². The third kappa shape index (κ3) is 6.01. The van der Waals surface area contributed by atoms with Crippen LogP contribution in [0.4, 0.5) is 0 Å². The fourth-order valence-corrected chi connectivity index (χ4v) is 4.16. The standard InChI is InChI=1S/C21H35N5O3/c1-3-8-18-22-19(29-23-18)9-7-10-20(27)25-15-13-24(14-16-25)17(2)21(28)26-11-5-4-6-12-26/h17H,3-16H2,1-2H3. The monoisotopic (exact) mass is 405 g/mol. The molecule has 2 fully saturated rings. The maximum absolute atomic E-state index is 12.7. The Morgan fingerprint density at radius 3 is 2.41 bits per heavy atom. The minimum absolute atomic E-state index is 0.0970. The molecule has 2 aliphatic rings. The van der Waals surface area contributed by atoms with E-state index in [4.69, 9.17) is 4.52 Å². The van der Waals surface area contributed by atoms with Crippen molar-refractivity contribution in [2.75, 3.05) is 39.3 Å². The van der Waals surface area contributed by atoms with Gasteiger partial charge in [-0.3, -0.25) is 14.5 Å². The summed E-state index contributed by atoms with van der Waals surface area (Å²) in [6, 6.07) is -0.0970. The number of piperidine rings is 1. The molecule has 0 aromatic carbocycles. The molecule has 29 heavy (non-hydrogen) atoms. The molecule has 0 bridgehead atoms. The van der Waals surface area contributed by atoms with E-state index in [1.807, 2.05) is 16.7 Å². The largest absolute Gasteiger partial charge is 0.341 e. The highest BCUT2D eigenvalue weighted by molar-refractivity contribution is 5.81. The van der Waals surface area contributed by atoms with E-state index in [2.05, 4.69) is 22.0 Å². The average molecular weight is 406 g/mol. The first-order chi connectivity index (χ1) is 14.1. The molecule has 2 aliphatic heterocycles. The smallest absolute Gasteiger partial charge is 0.239 e. The minimum atomic E-state index is -0.0970. The SMILES string of the molecule is CCCc1noc(CCCC(=O)N2CCN(C(C)C(=O)N3CCCCC3)CC2)n1. The van der Waals surface area contributed by atoms with Gasteiger partial charge in [-0.15, -0.1) is 0 Å². The van der Waals surface area contributed by atoms with Gasteiger partial charge in [0.15, 0.2) is 5.82 Å². The molecule has 3 heterocycles. The molecule has 0 aliphatic carbocycles. The first kappa shape index (κ1) is 21.7. The Kier molecular flexibility index (Phi) is 8.03. The number of aromatic nitrogens is 2. The Bertz CT molecular complexity index is 663. The van der Waals surface area contributed by atoms with Crippen LogP contribution in [0, 0.1) is 0 Å². The van der Waals surface area contributed by atoms with E-state index < -0.39 is 0 Å². The highest BCUT2D eigenvalue weighted by atomic mass is 16.5. The molecule has 162 valence electrons. The Morgan fingerprint density at radius 2 is 1.72 bits per heavy atom. The van der Waals surface area contributed by atoms with Crippen LogP contribution < -0.4 is 0 Å². The van der Waals surface area contributed by atoms with Crippen molar-refractivity contribution in [2.24, 2.45) is 0 Å². The van der Waals surface area contributed by atoms with E-state index >= 15 is 0 Å². The summed E-state index contributed by atoms with van der Waals surface area (Å²) in [5.41, 5.74) is 0. The normalized spacial score (nSPS) is 19.4. The lowest BCUT2D eigenvalue weighted by atomic mass is 10.1. The number of hydrogen-bond acceptors (Lipinski definition) is 6. The number of aryl methyl sites for hydroxylation is 2. The van der Waals surface area contributed by atoms with Gasteiger partial charge in [-0.1, -0.05) is 12.1 Å². The molecule has 1 aromatic heterocycles. The Balaban J connectivity index is 1.36. The van der Waals surface area contributed by atoms with Gasteiger partial charge in [0.1, 0.15) is 0 Å². The second kappa shape index (κ2) is 10.7. The number of hydrogen-bond donors (Lipinski definition) is 0. The maximum Gasteiger partial charge on any atom is 0.239 e. The molecule has 1 aromatic rings. The Labute approximate surface area is 173 Å². The van der Waals surface area contributed by atoms with Crippen LogP contribution in [0.1, 0.15) is 64.1 Å². The van der Waals surface area contributed by atoms with Crippen LogP contribution in [0.3, 0.4) is 0 Å². The van der Waals surface area contributed by atoms with Gasteiger partial charge in [-0.25, -0.2) is 0 Å². The number of likely N-dealkylation sites (tertiary alicyclic amines) is 1. The van der Waals surface area contributed by atoms with Crippen molar-refractivity contribution in [2.45, 2.75) is 71.3 Å². The van der Waals surface area contributed by atoms with Crippen molar-refractivity contribution in [1.82, 2.24) is 24.8 Å². The van der Waals surface area contributed by atoms with Crippen molar-refractivity contribution < 1.29 is 14.1 Å². The zero-order chi connectivity index (χ0) is 20.6. The second-order valence-electron chi connectivity index (χ2n) is 8.19. The summed E-state index contributed by atoms with van der Waals surface area (Å²) >= 11 is 0. The molecule has 8 nitrogen and oxygen atoms in total. The van der Waals surface area contributed by atoms with E-state index in [1.54, 1.807) is 0 Å². The highest BCUT2D eigenvalue weighted by Crippen LogP contribution is 2.15. The summed E-state index contributed by atoms with van der Waals surface area (Å²) in [7, 11) is 0. The summed E-state index contributed by atoms with van der Waals surface area (Å²) in [5.74, 6) is 1.79. The van der Waals surface area contributed by atoms with Crippen LogP contribution in [0.15, 0.2) is 4.52 Å². The van der Waals surface area contributed by atoms with E-state index in [0.717, 1.165) is 64.1 Å². The van der Waals surface area contributed by atoms with Crippen molar-refractivity contribution in [3.8, 4) is 0 Å². The fourth-order valence-electron chi connectivity index (χ4n) is 4.16. The zero-order valence-electron chi connectivity index (χ0n) is 17.9. The Hall–Kier alpha value is -1.96. The molecule has 0 spiro atoms. The maximum atomic E-state index is 12.7. The third-order valence-electron chi connectivity index (χ3n) is 6.00. The first-order valence-corrected chi connectivity index (χ1v) is 11.2. The number of carbonyl (C=O) groups excluding carboxylic acids is 2. The van der Waals surface area contributed by atoms with Gasteiger partial charge in [0.25, 0.3) is 0 Å². The van der Waals surface area contributed by atoms with Gasteiger partial charge < -0.3 is 14.3 Å². The van der Waals surface area contributed by atoms with E-state index in [-0.39, 0.29) is 17.9 Å². The summed E-state index contributed by atoms with van der Waals surface area (Å²) in [6.07, 6.45) is 7.13. The molecule has 0 saturated carbocycles. The van der Waals surface area contributed by atoms with Crippen molar-refractivity contribution in [3.63, 3.8) is 0 Å². The third-order valence-corrected chi connectivity index (χ3v) is 6.00. The zero-order valence-corrected chi connectivity index (χ0v) is 17.9. The molecule has 0 radical (unpaired) electrons. The highest BCUT2D eigenvalue weighted by Gasteiger charge is 2.30. The molecule has 3 rings (SSSR count). The molecule has 0 N–H and O–H groups in total. The van der Waals surface area contributed by atoms with E-state index in [0.29, 0.717) is 31.8 Å². The summed E-state index contributed by atoms with van der Waals surface area (Å²) in [4.78, 5) is 35.7. The van der Waals surface area contributed by atoms with Gasteiger partial charge in [0.05, 0.1) is 6.04 Å². The molecule has 2 saturated heterocycles. The van der Waals surface area contributed by atoms with Crippen molar-refractivity contribution in [1.29, 1.82) is 0 Å². The molecule has 2 amide bonds. The molecule has 1 atom stereocenters. The van der Waals surface area contributed by atoms with Crippen LogP contribution in [-0.2, 0) is 22.4 Å². The van der Waals surface area contributed by atoms with Crippen LogP contribution >= 0.6 is 0 Å². The Morgan fingerprint density at radius 1 is 1.00 bits per heavy atom. The van der Waals surface area contributed by atoms with Crippen LogP contribution in [0.25, 0.3) is 0 Å². The second-order valence-corrected chi connectivity index (χ2v) is 8.19. The first-order valence-electron chi connectivity index (χ1n) is 11.2. The van der Waals surface area contributed by atoms with Crippen LogP contribution in [0.2, 0.25) is 0 Å². The van der Waals surface area contributed by atoms with Crippen LogP contribution in [-0.4, -0.2) is 82.0 Å². The number of nitrogens with zero attached hydrogens (tertiary/aromatic N) is 5. The molecular weight excluding hydrogens is 370 g/mol. The number of amides is 2. The van der Waals surface area contributed by atoms with Gasteiger partial charge in [0.2, 0.25) is 17.7 Å². The lowest BCUT2D eigenvalue weighted by Crippen LogP contribution is -2.56. The van der Waals surface area contributed by atoms with Crippen molar-refractivity contribution in [3.05, 3.63) is 11.7 Å². The van der Waals surface area contributed by atoms with E-state index in [9.17, 15) is 9.59 Å².